The molecule has 1 atom stereocenters. The Labute approximate surface area is 120 Å². The van der Waals surface area contributed by atoms with Gasteiger partial charge in [-0.05, 0) is 48.6 Å². The first-order chi connectivity index (χ1) is 8.66. The van der Waals surface area contributed by atoms with Crippen LogP contribution in [0.5, 0.6) is 0 Å². The summed E-state index contributed by atoms with van der Waals surface area (Å²) < 4.78 is 0. The highest BCUT2D eigenvalue weighted by Crippen LogP contribution is 2.33. The minimum Gasteiger partial charge on any atom is -0.0888 e. The Morgan fingerprint density at radius 3 is 2.28 bits per heavy atom. The van der Waals surface area contributed by atoms with Gasteiger partial charge in [0.15, 0.2) is 0 Å². The maximum Gasteiger partial charge on any atom is 0.0177 e. The predicted octanol–water partition coefficient (Wildman–Crippen LogP) is 5.70. The molecule has 1 aromatic rings. The number of alkyl halides is 1. The van der Waals surface area contributed by atoms with Gasteiger partial charge >= 0.3 is 0 Å². The van der Waals surface area contributed by atoms with Crippen LogP contribution in [0.2, 0.25) is 0 Å². The predicted molar refractivity (Wildman–Crippen MR) is 83.5 cm³/mol. The standard InChI is InChI=1S/C17H25Br/c1-13(2)15-10-7-14(8-11-15)9-12-17(18)16-5-3-4-6-16/h7-8,10-11,13,16-17H,3-6,9,12H2,1-2H3. The number of halogens is 1. The summed E-state index contributed by atoms with van der Waals surface area (Å²) in [6, 6.07) is 9.20. The van der Waals surface area contributed by atoms with Crippen LogP contribution in [0.25, 0.3) is 0 Å². The van der Waals surface area contributed by atoms with Crippen LogP contribution in [0.3, 0.4) is 0 Å². The van der Waals surface area contributed by atoms with E-state index in [1.165, 1.54) is 49.7 Å². The minimum absolute atomic E-state index is 0.640. The zero-order chi connectivity index (χ0) is 13.0. The highest BCUT2D eigenvalue weighted by molar-refractivity contribution is 9.09. The molecule has 1 unspecified atom stereocenters. The van der Waals surface area contributed by atoms with Crippen LogP contribution in [-0.2, 0) is 6.42 Å². The molecule has 0 aromatic heterocycles. The van der Waals surface area contributed by atoms with Gasteiger partial charge in [-0.25, -0.2) is 0 Å². The van der Waals surface area contributed by atoms with Crippen molar-refractivity contribution in [3.8, 4) is 0 Å². The van der Waals surface area contributed by atoms with Crippen LogP contribution < -0.4 is 0 Å². The van der Waals surface area contributed by atoms with Gasteiger partial charge in [-0.1, -0.05) is 66.9 Å². The van der Waals surface area contributed by atoms with E-state index in [2.05, 4.69) is 54.0 Å². The van der Waals surface area contributed by atoms with Crippen molar-refractivity contribution in [2.75, 3.05) is 0 Å². The molecule has 0 saturated heterocycles. The molecule has 100 valence electrons. The fraction of sp³-hybridized carbons (Fsp3) is 0.647. The molecule has 18 heavy (non-hydrogen) atoms. The second kappa shape index (κ2) is 6.75. The van der Waals surface area contributed by atoms with Crippen molar-refractivity contribution in [2.24, 2.45) is 5.92 Å². The third-order valence-electron chi connectivity index (χ3n) is 4.27. The Kier molecular flexibility index (Phi) is 5.29. The van der Waals surface area contributed by atoms with E-state index in [0.717, 1.165) is 10.7 Å². The Bertz CT molecular complexity index is 346. The zero-order valence-corrected chi connectivity index (χ0v) is 13.2. The number of hydrogen-bond acceptors (Lipinski definition) is 0. The molecule has 1 heteroatoms. The summed E-state index contributed by atoms with van der Waals surface area (Å²) in [5.41, 5.74) is 2.94. The molecule has 1 saturated carbocycles. The van der Waals surface area contributed by atoms with Gasteiger partial charge in [0.05, 0.1) is 0 Å². The Morgan fingerprint density at radius 1 is 1.11 bits per heavy atom. The Balaban J connectivity index is 1.82. The molecule has 2 rings (SSSR count). The summed E-state index contributed by atoms with van der Waals surface area (Å²) in [5.74, 6) is 1.57. The first-order valence-electron chi connectivity index (χ1n) is 7.39. The second-order valence-corrected chi connectivity index (χ2v) is 7.17. The molecular formula is C17H25Br. The molecule has 0 amide bonds. The van der Waals surface area contributed by atoms with Crippen LogP contribution >= 0.6 is 15.9 Å². The highest BCUT2D eigenvalue weighted by Gasteiger charge is 2.22. The van der Waals surface area contributed by atoms with E-state index in [9.17, 15) is 0 Å². The summed E-state index contributed by atoms with van der Waals surface area (Å²) in [5, 5.41) is 0. The molecule has 0 N–H and O–H groups in total. The van der Waals surface area contributed by atoms with Crippen molar-refractivity contribution < 1.29 is 0 Å². The van der Waals surface area contributed by atoms with Crippen LogP contribution in [0.4, 0.5) is 0 Å². The molecule has 0 aliphatic heterocycles. The number of rotatable bonds is 5. The average Bonchev–Trinajstić information content (AvgIpc) is 2.90. The van der Waals surface area contributed by atoms with E-state index in [1.54, 1.807) is 0 Å². The topological polar surface area (TPSA) is 0 Å². The van der Waals surface area contributed by atoms with Gasteiger partial charge in [-0.3, -0.25) is 0 Å². The summed E-state index contributed by atoms with van der Waals surface area (Å²) in [4.78, 5) is 0.727. The number of hydrogen-bond donors (Lipinski definition) is 0. The SMILES string of the molecule is CC(C)c1ccc(CCC(Br)C2CCCC2)cc1. The molecule has 0 bridgehead atoms. The lowest BCUT2D eigenvalue weighted by atomic mass is 9.96. The monoisotopic (exact) mass is 308 g/mol. The minimum atomic E-state index is 0.640. The Hall–Kier alpha value is -0.300. The van der Waals surface area contributed by atoms with Gasteiger partial charge in [0, 0.05) is 4.83 Å². The van der Waals surface area contributed by atoms with Crippen molar-refractivity contribution >= 4 is 15.9 Å². The van der Waals surface area contributed by atoms with E-state index in [0.29, 0.717) is 5.92 Å². The van der Waals surface area contributed by atoms with Crippen molar-refractivity contribution in [3.63, 3.8) is 0 Å². The van der Waals surface area contributed by atoms with Gasteiger partial charge in [-0.2, -0.15) is 0 Å². The molecule has 0 nitrogen and oxygen atoms in total. The van der Waals surface area contributed by atoms with Crippen molar-refractivity contribution in [3.05, 3.63) is 35.4 Å². The average molecular weight is 309 g/mol. The van der Waals surface area contributed by atoms with Crippen molar-refractivity contribution in [2.45, 2.75) is 63.1 Å². The van der Waals surface area contributed by atoms with Crippen LogP contribution in [0, 0.1) is 5.92 Å². The van der Waals surface area contributed by atoms with Crippen LogP contribution in [0.1, 0.15) is 63.0 Å². The first-order valence-corrected chi connectivity index (χ1v) is 8.31. The quantitative estimate of drug-likeness (QED) is 0.612. The summed E-state index contributed by atoms with van der Waals surface area (Å²) in [6.07, 6.45) is 8.24. The largest absolute Gasteiger partial charge is 0.0888 e. The van der Waals surface area contributed by atoms with Crippen LogP contribution in [0.15, 0.2) is 24.3 Å². The van der Waals surface area contributed by atoms with Gasteiger partial charge < -0.3 is 0 Å². The van der Waals surface area contributed by atoms with E-state index < -0.39 is 0 Å². The zero-order valence-electron chi connectivity index (χ0n) is 11.7. The number of aryl methyl sites for hydroxylation is 1. The summed E-state index contributed by atoms with van der Waals surface area (Å²) in [6.45, 7) is 4.51. The maximum absolute atomic E-state index is 3.90. The molecule has 1 aromatic carbocycles. The third kappa shape index (κ3) is 3.85. The smallest absolute Gasteiger partial charge is 0.0177 e. The van der Waals surface area contributed by atoms with Crippen molar-refractivity contribution in [1.29, 1.82) is 0 Å². The molecule has 0 radical (unpaired) electrons. The molecule has 1 aliphatic carbocycles. The highest BCUT2D eigenvalue weighted by atomic mass is 79.9. The van der Waals surface area contributed by atoms with E-state index in [1.807, 2.05) is 0 Å². The summed E-state index contributed by atoms with van der Waals surface area (Å²) >= 11 is 3.90. The van der Waals surface area contributed by atoms with Gasteiger partial charge in [0.2, 0.25) is 0 Å². The van der Waals surface area contributed by atoms with Gasteiger partial charge in [-0.15, -0.1) is 0 Å². The normalized spacial score (nSPS) is 18.4. The summed E-state index contributed by atoms with van der Waals surface area (Å²) in [7, 11) is 0. The third-order valence-corrected chi connectivity index (χ3v) is 5.47. The van der Waals surface area contributed by atoms with E-state index in [4.69, 9.17) is 0 Å². The maximum atomic E-state index is 3.90. The first kappa shape index (κ1) is 14.1. The van der Waals surface area contributed by atoms with Crippen LogP contribution in [-0.4, -0.2) is 4.83 Å². The lowest BCUT2D eigenvalue weighted by Crippen LogP contribution is -2.11. The van der Waals surface area contributed by atoms with Crippen molar-refractivity contribution in [1.82, 2.24) is 0 Å². The van der Waals surface area contributed by atoms with Gasteiger partial charge in [0.1, 0.15) is 0 Å². The van der Waals surface area contributed by atoms with Gasteiger partial charge in [0.25, 0.3) is 0 Å². The lowest BCUT2D eigenvalue weighted by molar-refractivity contribution is 0.506. The molecular weight excluding hydrogens is 284 g/mol. The fourth-order valence-corrected chi connectivity index (χ4v) is 3.69. The molecule has 1 fully saturated rings. The second-order valence-electron chi connectivity index (χ2n) is 6.00. The molecule has 0 heterocycles. The van der Waals surface area contributed by atoms with E-state index in [-0.39, 0.29) is 0 Å². The lowest BCUT2D eigenvalue weighted by Gasteiger charge is -2.17. The fourth-order valence-electron chi connectivity index (χ4n) is 2.93. The Morgan fingerprint density at radius 2 is 1.72 bits per heavy atom. The molecule has 1 aliphatic rings. The molecule has 0 spiro atoms. The van der Waals surface area contributed by atoms with E-state index >= 15 is 0 Å². The number of benzene rings is 1.